The Morgan fingerprint density at radius 1 is 1.25 bits per heavy atom. The van der Waals surface area contributed by atoms with E-state index in [1.807, 2.05) is 6.20 Å². The minimum absolute atomic E-state index is 0.669. The van der Waals surface area contributed by atoms with Crippen molar-refractivity contribution < 1.29 is 0 Å². The van der Waals surface area contributed by atoms with Gasteiger partial charge in [0.05, 0.1) is 11.9 Å². The highest BCUT2D eigenvalue weighted by molar-refractivity contribution is 7.99. The normalized spacial score (nSPS) is 20.8. The van der Waals surface area contributed by atoms with Gasteiger partial charge >= 0.3 is 0 Å². The van der Waals surface area contributed by atoms with E-state index < -0.39 is 0 Å². The molecule has 0 bridgehead atoms. The molecule has 1 fully saturated rings. The van der Waals surface area contributed by atoms with Gasteiger partial charge in [-0.05, 0) is 55.2 Å². The number of hydrogen-bond donors (Lipinski definition) is 1. The molecule has 1 aliphatic heterocycles. The highest BCUT2D eigenvalue weighted by atomic mass is 32.2. The van der Waals surface area contributed by atoms with Gasteiger partial charge in [-0.25, -0.2) is 0 Å². The summed E-state index contributed by atoms with van der Waals surface area (Å²) in [6.07, 6.45) is 8.29. The van der Waals surface area contributed by atoms with Gasteiger partial charge in [0, 0.05) is 11.7 Å². The Balaban J connectivity index is 1.69. The molecule has 2 nitrogen and oxygen atoms in total. The van der Waals surface area contributed by atoms with Crippen LogP contribution in [0.4, 0.5) is 5.69 Å². The lowest BCUT2D eigenvalue weighted by Crippen LogP contribution is -2.24. The molecule has 0 saturated carbocycles. The highest BCUT2D eigenvalue weighted by Crippen LogP contribution is 2.25. The molecule has 1 aromatic rings. The first-order valence-corrected chi connectivity index (χ1v) is 7.39. The summed E-state index contributed by atoms with van der Waals surface area (Å²) < 4.78 is 0. The van der Waals surface area contributed by atoms with E-state index in [2.05, 4.69) is 28.1 Å². The second-order valence-electron chi connectivity index (χ2n) is 4.71. The van der Waals surface area contributed by atoms with E-state index in [0.29, 0.717) is 6.04 Å². The number of fused-ring (bicyclic) bond motifs is 1. The number of nitrogens with zero attached hydrogens (tertiary/aromatic N) is 1. The van der Waals surface area contributed by atoms with Crippen molar-refractivity contribution in [3.8, 4) is 0 Å². The Morgan fingerprint density at radius 2 is 2.12 bits per heavy atom. The third-order valence-corrected chi connectivity index (χ3v) is 4.56. The molecule has 0 atom stereocenters. The van der Waals surface area contributed by atoms with Crippen LogP contribution in [0.15, 0.2) is 12.3 Å². The predicted octanol–water partition coefficient (Wildman–Crippen LogP) is 2.88. The Hall–Kier alpha value is -0.700. The minimum atomic E-state index is 0.669. The summed E-state index contributed by atoms with van der Waals surface area (Å²) in [5.74, 6) is 2.60. The largest absolute Gasteiger partial charge is 0.381 e. The van der Waals surface area contributed by atoms with E-state index in [1.54, 1.807) is 0 Å². The molecule has 0 amide bonds. The fourth-order valence-corrected chi connectivity index (χ4v) is 3.69. The molecule has 16 heavy (non-hydrogen) atoms. The number of nitrogens with one attached hydrogen (secondary N) is 1. The SMILES string of the molecule is c1nc2c(cc1NC1CCSCC1)CCC2. The Bertz CT molecular complexity index is 372. The first-order chi connectivity index (χ1) is 7.92. The van der Waals surface area contributed by atoms with E-state index in [9.17, 15) is 0 Å². The number of aromatic nitrogens is 1. The van der Waals surface area contributed by atoms with E-state index >= 15 is 0 Å². The van der Waals surface area contributed by atoms with Gasteiger partial charge in [-0.15, -0.1) is 0 Å². The Kier molecular flexibility index (Phi) is 3.04. The quantitative estimate of drug-likeness (QED) is 0.851. The molecule has 0 aromatic carbocycles. The first kappa shape index (κ1) is 10.5. The van der Waals surface area contributed by atoms with E-state index in [0.717, 1.165) is 0 Å². The summed E-state index contributed by atoms with van der Waals surface area (Å²) in [5.41, 5.74) is 4.03. The van der Waals surface area contributed by atoms with Crippen LogP contribution in [0.3, 0.4) is 0 Å². The molecule has 3 rings (SSSR count). The topological polar surface area (TPSA) is 24.9 Å². The average molecular weight is 234 g/mol. The van der Waals surface area contributed by atoms with Gasteiger partial charge in [0.1, 0.15) is 0 Å². The van der Waals surface area contributed by atoms with Gasteiger partial charge in [0.15, 0.2) is 0 Å². The van der Waals surface area contributed by atoms with Gasteiger partial charge in [-0.1, -0.05) is 0 Å². The van der Waals surface area contributed by atoms with Crippen LogP contribution < -0.4 is 5.32 Å². The number of thioether (sulfide) groups is 1. The van der Waals surface area contributed by atoms with Crippen molar-refractivity contribution in [3.63, 3.8) is 0 Å². The van der Waals surface area contributed by atoms with Gasteiger partial charge in [-0.2, -0.15) is 11.8 Å². The Labute approximate surface area is 101 Å². The van der Waals surface area contributed by atoms with Crippen LogP contribution in [-0.2, 0) is 12.8 Å². The van der Waals surface area contributed by atoms with Crippen molar-refractivity contribution in [2.24, 2.45) is 0 Å². The minimum Gasteiger partial charge on any atom is -0.381 e. The number of rotatable bonds is 2. The lowest BCUT2D eigenvalue weighted by Gasteiger charge is -2.23. The first-order valence-electron chi connectivity index (χ1n) is 6.24. The lowest BCUT2D eigenvalue weighted by molar-refractivity contribution is 0.666. The molecule has 0 radical (unpaired) electrons. The van der Waals surface area contributed by atoms with Gasteiger partial charge in [-0.3, -0.25) is 4.98 Å². The standard InChI is InChI=1S/C13H18N2S/c1-2-10-8-12(9-14-13(10)3-1)15-11-4-6-16-7-5-11/h8-9,11,15H,1-7H2. The van der Waals surface area contributed by atoms with Gasteiger partial charge in [0.25, 0.3) is 0 Å². The molecule has 2 aliphatic rings. The highest BCUT2D eigenvalue weighted by Gasteiger charge is 2.16. The number of hydrogen-bond acceptors (Lipinski definition) is 3. The molecule has 1 aliphatic carbocycles. The zero-order chi connectivity index (χ0) is 10.8. The van der Waals surface area contributed by atoms with Crippen LogP contribution in [0.25, 0.3) is 0 Å². The maximum Gasteiger partial charge on any atom is 0.0531 e. The van der Waals surface area contributed by atoms with Crippen LogP contribution >= 0.6 is 11.8 Å². The summed E-state index contributed by atoms with van der Waals surface area (Å²) in [7, 11) is 0. The van der Waals surface area contributed by atoms with Crippen LogP contribution in [0.2, 0.25) is 0 Å². The van der Waals surface area contributed by atoms with Crippen molar-refractivity contribution in [1.82, 2.24) is 4.98 Å². The third-order valence-electron chi connectivity index (χ3n) is 3.51. The molecule has 1 saturated heterocycles. The van der Waals surface area contributed by atoms with Crippen LogP contribution in [0, 0.1) is 0 Å². The molecular weight excluding hydrogens is 216 g/mol. The molecule has 3 heteroatoms. The third kappa shape index (κ3) is 2.19. The number of anilines is 1. The molecule has 1 aromatic heterocycles. The fraction of sp³-hybridized carbons (Fsp3) is 0.615. The zero-order valence-corrected chi connectivity index (χ0v) is 10.4. The van der Waals surface area contributed by atoms with E-state index in [1.165, 1.54) is 60.6 Å². The van der Waals surface area contributed by atoms with Crippen molar-refractivity contribution in [3.05, 3.63) is 23.5 Å². The van der Waals surface area contributed by atoms with Gasteiger partial charge in [0.2, 0.25) is 0 Å². The second kappa shape index (κ2) is 4.66. The summed E-state index contributed by atoms with van der Waals surface area (Å²) in [4.78, 5) is 4.56. The maximum atomic E-state index is 4.56. The van der Waals surface area contributed by atoms with Crippen LogP contribution in [-0.4, -0.2) is 22.5 Å². The summed E-state index contributed by atoms with van der Waals surface area (Å²) in [5, 5.41) is 3.63. The molecule has 2 heterocycles. The molecule has 0 unspecified atom stereocenters. The van der Waals surface area contributed by atoms with E-state index in [-0.39, 0.29) is 0 Å². The summed E-state index contributed by atoms with van der Waals surface area (Å²) in [6.45, 7) is 0. The summed E-state index contributed by atoms with van der Waals surface area (Å²) >= 11 is 2.07. The average Bonchev–Trinajstić information content (AvgIpc) is 2.77. The number of pyridine rings is 1. The molecule has 1 N–H and O–H groups in total. The van der Waals surface area contributed by atoms with E-state index in [4.69, 9.17) is 0 Å². The fourth-order valence-electron chi connectivity index (χ4n) is 2.58. The van der Waals surface area contributed by atoms with Crippen LogP contribution in [0.5, 0.6) is 0 Å². The molecular formula is C13H18N2S. The monoisotopic (exact) mass is 234 g/mol. The van der Waals surface area contributed by atoms with Crippen molar-refractivity contribution in [2.45, 2.75) is 38.1 Å². The van der Waals surface area contributed by atoms with Crippen LogP contribution in [0.1, 0.15) is 30.5 Å². The van der Waals surface area contributed by atoms with Gasteiger partial charge < -0.3 is 5.32 Å². The maximum absolute atomic E-state index is 4.56. The summed E-state index contributed by atoms with van der Waals surface area (Å²) in [6, 6.07) is 2.99. The number of aryl methyl sites for hydroxylation is 2. The predicted molar refractivity (Wildman–Crippen MR) is 70.2 cm³/mol. The lowest BCUT2D eigenvalue weighted by atomic mass is 10.1. The second-order valence-corrected chi connectivity index (χ2v) is 5.94. The Morgan fingerprint density at radius 3 is 3.00 bits per heavy atom. The van der Waals surface area contributed by atoms with Crippen molar-refractivity contribution >= 4 is 17.4 Å². The van der Waals surface area contributed by atoms with Crippen molar-refractivity contribution in [2.75, 3.05) is 16.8 Å². The zero-order valence-electron chi connectivity index (χ0n) is 9.54. The van der Waals surface area contributed by atoms with Crippen molar-refractivity contribution in [1.29, 1.82) is 0 Å². The molecule has 86 valence electrons. The molecule has 0 spiro atoms. The smallest absolute Gasteiger partial charge is 0.0531 e.